The molecule has 2 aliphatic rings. The second-order valence-corrected chi connectivity index (χ2v) is 6.26. The molecule has 1 aliphatic heterocycles. The smallest absolute Gasteiger partial charge is 0.321 e. The monoisotopic (exact) mass is 293 g/mol. The van der Waals surface area contributed by atoms with E-state index in [9.17, 15) is 9.90 Å². The van der Waals surface area contributed by atoms with Crippen LogP contribution in [-0.2, 0) is 18.4 Å². The molecule has 6 heteroatoms. The Morgan fingerprint density at radius 3 is 2.90 bits per heavy atom. The highest BCUT2D eigenvalue weighted by Gasteiger charge is 2.47. The van der Waals surface area contributed by atoms with Crippen molar-refractivity contribution in [3.05, 3.63) is 11.3 Å². The van der Waals surface area contributed by atoms with Crippen molar-refractivity contribution in [2.75, 3.05) is 13.7 Å². The quantitative estimate of drug-likeness (QED) is 0.909. The van der Waals surface area contributed by atoms with Crippen LogP contribution in [0.15, 0.2) is 0 Å². The maximum absolute atomic E-state index is 11.7. The van der Waals surface area contributed by atoms with Gasteiger partial charge in [-0.2, -0.15) is 5.10 Å². The van der Waals surface area contributed by atoms with Gasteiger partial charge in [0, 0.05) is 20.1 Å². The predicted molar refractivity (Wildman–Crippen MR) is 77.2 cm³/mol. The number of fused-ring (bicyclic) bond motifs is 1. The molecule has 3 atom stereocenters. The maximum atomic E-state index is 11.7. The molecule has 1 aromatic rings. The van der Waals surface area contributed by atoms with E-state index in [2.05, 4.69) is 10.00 Å². The zero-order valence-electron chi connectivity index (χ0n) is 12.9. The molecule has 1 aliphatic carbocycles. The molecule has 0 bridgehead atoms. The number of aryl methyl sites for hydroxylation is 2. The molecule has 3 rings (SSSR count). The molecule has 0 amide bonds. The molecule has 3 unspecified atom stereocenters. The molecule has 0 spiro atoms. The first-order valence-corrected chi connectivity index (χ1v) is 7.56. The minimum Gasteiger partial charge on any atom is -0.481 e. The molecule has 2 heterocycles. The number of rotatable bonds is 4. The third-order valence-corrected chi connectivity index (χ3v) is 5.08. The highest BCUT2D eigenvalue weighted by Crippen LogP contribution is 2.43. The first-order valence-electron chi connectivity index (χ1n) is 7.56. The van der Waals surface area contributed by atoms with Gasteiger partial charge in [-0.05, 0) is 31.6 Å². The summed E-state index contributed by atoms with van der Waals surface area (Å²) in [6.07, 6.45) is 3.37. The summed E-state index contributed by atoms with van der Waals surface area (Å²) in [6.45, 7) is 3.43. The number of carbonyl (C=O) groups is 1. The van der Waals surface area contributed by atoms with E-state index < -0.39 is 5.97 Å². The van der Waals surface area contributed by atoms with Crippen molar-refractivity contribution < 1.29 is 14.6 Å². The zero-order valence-corrected chi connectivity index (χ0v) is 12.9. The predicted octanol–water partition coefficient (Wildman–Crippen LogP) is 1.42. The Balaban J connectivity index is 1.86. The van der Waals surface area contributed by atoms with E-state index >= 15 is 0 Å². The van der Waals surface area contributed by atoms with E-state index in [0.29, 0.717) is 18.4 Å². The standard InChI is InChI=1S/C15H23N3O3/c1-9-12(14(21-3)17(2)16-9)8-18-7-10-5-4-6-11(10)13(18)15(19)20/h10-11,13H,4-8H2,1-3H3,(H,19,20). The van der Waals surface area contributed by atoms with Crippen LogP contribution in [0.5, 0.6) is 5.88 Å². The van der Waals surface area contributed by atoms with E-state index in [1.807, 2.05) is 14.0 Å². The number of hydrogen-bond donors (Lipinski definition) is 1. The molecule has 116 valence electrons. The number of hydrogen-bond acceptors (Lipinski definition) is 4. The lowest BCUT2D eigenvalue weighted by molar-refractivity contribution is -0.143. The fraction of sp³-hybridized carbons (Fsp3) is 0.733. The maximum Gasteiger partial charge on any atom is 0.321 e. The highest BCUT2D eigenvalue weighted by molar-refractivity contribution is 5.74. The third-order valence-electron chi connectivity index (χ3n) is 5.08. The summed E-state index contributed by atoms with van der Waals surface area (Å²) in [6, 6.07) is -0.359. The number of aromatic nitrogens is 2. The van der Waals surface area contributed by atoms with Gasteiger partial charge in [0.05, 0.1) is 18.4 Å². The van der Waals surface area contributed by atoms with Crippen LogP contribution in [0.3, 0.4) is 0 Å². The molecular formula is C15H23N3O3. The molecule has 0 aromatic carbocycles. The van der Waals surface area contributed by atoms with Crippen LogP contribution in [0.1, 0.15) is 30.5 Å². The lowest BCUT2D eigenvalue weighted by Gasteiger charge is -2.24. The Morgan fingerprint density at radius 1 is 1.48 bits per heavy atom. The first kappa shape index (κ1) is 14.4. The number of nitrogens with zero attached hydrogens (tertiary/aromatic N) is 3. The highest BCUT2D eigenvalue weighted by atomic mass is 16.5. The summed E-state index contributed by atoms with van der Waals surface area (Å²) < 4.78 is 7.14. The second-order valence-electron chi connectivity index (χ2n) is 6.26. The lowest BCUT2D eigenvalue weighted by atomic mass is 9.94. The minimum absolute atomic E-state index is 0.311. The third kappa shape index (κ3) is 2.31. The SMILES string of the molecule is COc1c(CN2CC3CCCC3C2C(=O)O)c(C)nn1C. The molecule has 0 radical (unpaired) electrons. The average Bonchev–Trinajstić information content (AvgIpc) is 3.03. The molecule has 21 heavy (non-hydrogen) atoms. The van der Waals surface area contributed by atoms with Gasteiger partial charge in [-0.1, -0.05) is 6.42 Å². The number of likely N-dealkylation sites (tertiary alicyclic amines) is 1. The van der Waals surface area contributed by atoms with Crippen molar-refractivity contribution in [1.29, 1.82) is 0 Å². The first-order chi connectivity index (χ1) is 10.0. The van der Waals surface area contributed by atoms with Crippen LogP contribution in [0.25, 0.3) is 0 Å². The van der Waals surface area contributed by atoms with Crippen molar-refractivity contribution in [2.24, 2.45) is 18.9 Å². The summed E-state index contributed by atoms with van der Waals surface area (Å²) in [7, 11) is 3.48. The van der Waals surface area contributed by atoms with Crippen molar-refractivity contribution in [1.82, 2.24) is 14.7 Å². The van der Waals surface area contributed by atoms with E-state index in [0.717, 1.165) is 36.5 Å². The van der Waals surface area contributed by atoms with Gasteiger partial charge in [0.15, 0.2) is 0 Å². The number of carboxylic acids is 1. The Hall–Kier alpha value is -1.56. The fourth-order valence-electron chi connectivity index (χ4n) is 4.22. The van der Waals surface area contributed by atoms with E-state index in [1.54, 1.807) is 11.8 Å². The van der Waals surface area contributed by atoms with Gasteiger partial charge in [-0.15, -0.1) is 0 Å². The van der Waals surface area contributed by atoms with Gasteiger partial charge in [0.2, 0.25) is 5.88 Å². The summed E-state index contributed by atoms with van der Waals surface area (Å²) >= 11 is 0. The Bertz CT molecular complexity index is 555. The molecule has 2 fully saturated rings. The van der Waals surface area contributed by atoms with Crippen LogP contribution >= 0.6 is 0 Å². The lowest BCUT2D eigenvalue weighted by Crippen LogP contribution is -2.39. The van der Waals surface area contributed by atoms with Crippen LogP contribution in [-0.4, -0.2) is 45.5 Å². The van der Waals surface area contributed by atoms with Crippen molar-refractivity contribution in [2.45, 2.75) is 38.8 Å². The Morgan fingerprint density at radius 2 is 2.24 bits per heavy atom. The molecule has 1 aromatic heterocycles. The van der Waals surface area contributed by atoms with Gasteiger partial charge >= 0.3 is 5.97 Å². The van der Waals surface area contributed by atoms with Gasteiger partial charge in [0.25, 0.3) is 0 Å². The summed E-state index contributed by atoms with van der Waals surface area (Å²) in [4.78, 5) is 13.8. The second kappa shape index (κ2) is 5.33. The van der Waals surface area contributed by atoms with Crippen LogP contribution < -0.4 is 4.74 Å². The largest absolute Gasteiger partial charge is 0.481 e. The zero-order chi connectivity index (χ0) is 15.1. The molecule has 1 saturated heterocycles. The van der Waals surface area contributed by atoms with Crippen molar-refractivity contribution in [3.63, 3.8) is 0 Å². The van der Waals surface area contributed by atoms with Gasteiger partial charge in [-0.3, -0.25) is 9.69 Å². The molecule has 1 N–H and O–H groups in total. The minimum atomic E-state index is -0.690. The van der Waals surface area contributed by atoms with E-state index in [4.69, 9.17) is 4.74 Å². The number of ether oxygens (including phenoxy) is 1. The van der Waals surface area contributed by atoms with Gasteiger partial charge < -0.3 is 9.84 Å². The van der Waals surface area contributed by atoms with Crippen molar-refractivity contribution >= 4 is 5.97 Å². The number of carboxylic acid groups (broad SMARTS) is 1. The molecular weight excluding hydrogens is 270 g/mol. The number of aliphatic carboxylic acids is 1. The van der Waals surface area contributed by atoms with Crippen LogP contribution in [0.4, 0.5) is 0 Å². The van der Waals surface area contributed by atoms with E-state index in [-0.39, 0.29) is 6.04 Å². The Kier molecular flexibility index (Phi) is 3.65. The molecule has 6 nitrogen and oxygen atoms in total. The topological polar surface area (TPSA) is 67.6 Å². The van der Waals surface area contributed by atoms with E-state index in [1.165, 1.54) is 6.42 Å². The molecule has 1 saturated carbocycles. The fourth-order valence-corrected chi connectivity index (χ4v) is 4.22. The van der Waals surface area contributed by atoms with Crippen LogP contribution in [0, 0.1) is 18.8 Å². The summed E-state index contributed by atoms with van der Waals surface area (Å²) in [5.74, 6) is 0.887. The number of methoxy groups -OCH3 is 1. The Labute approximate surface area is 124 Å². The average molecular weight is 293 g/mol. The van der Waals surface area contributed by atoms with Gasteiger partial charge in [0.1, 0.15) is 6.04 Å². The summed E-state index contributed by atoms with van der Waals surface area (Å²) in [5, 5.41) is 14.0. The van der Waals surface area contributed by atoms with Crippen LogP contribution in [0.2, 0.25) is 0 Å². The normalized spacial score (nSPS) is 28.8. The van der Waals surface area contributed by atoms with Crippen molar-refractivity contribution in [3.8, 4) is 5.88 Å². The van der Waals surface area contributed by atoms with Gasteiger partial charge in [-0.25, -0.2) is 4.68 Å². The summed E-state index contributed by atoms with van der Waals surface area (Å²) in [5.41, 5.74) is 1.92.